The highest BCUT2D eigenvalue weighted by Gasteiger charge is 2.26. The first-order valence-electron chi connectivity index (χ1n) is 6.24. The maximum Gasteiger partial charge on any atom is 0.242 e. The molecule has 1 aliphatic rings. The summed E-state index contributed by atoms with van der Waals surface area (Å²) in [6.45, 7) is 3.64. The van der Waals surface area contributed by atoms with Crippen molar-refractivity contribution in [3.05, 3.63) is 24.4 Å². The number of carbonyl (C=O) groups excluding carboxylic acids is 1. The predicted molar refractivity (Wildman–Crippen MR) is 74.8 cm³/mol. The fourth-order valence-corrected chi connectivity index (χ4v) is 2.02. The number of nitrogens with one attached hydrogen (secondary N) is 1. The average molecular weight is 273 g/mol. The lowest BCUT2D eigenvalue weighted by atomic mass is 10.0. The molecular weight excluding hydrogens is 258 g/mol. The Balaban J connectivity index is 2.10. The minimum absolute atomic E-state index is 0.217. The zero-order valence-electron chi connectivity index (χ0n) is 11.3. The number of primary amides is 1. The predicted octanol–water partition coefficient (Wildman–Crippen LogP) is 1.64. The van der Waals surface area contributed by atoms with Crippen LogP contribution in [0.3, 0.4) is 0 Å². The molecule has 1 aromatic heterocycles. The molecule has 20 heavy (non-hydrogen) atoms. The first kappa shape index (κ1) is 12.5. The van der Waals surface area contributed by atoms with E-state index in [0.717, 1.165) is 10.8 Å². The molecule has 2 heterocycles. The molecule has 0 fully saturated rings. The standard InChI is InChI=1S/C14H15N3O3/c1-14(2,13(15)18)17-12-9-6-11-10(19-7-20-11)5-8(9)3-4-16-12/h3-6H,7H2,1-2H3,(H2,15,18)(H,16,17). The zero-order chi connectivity index (χ0) is 14.3. The highest BCUT2D eigenvalue weighted by atomic mass is 16.7. The van der Waals surface area contributed by atoms with E-state index in [1.807, 2.05) is 18.2 Å². The molecule has 6 heteroatoms. The van der Waals surface area contributed by atoms with Crippen LogP contribution in [0.5, 0.6) is 11.5 Å². The second kappa shape index (κ2) is 4.26. The van der Waals surface area contributed by atoms with Gasteiger partial charge in [-0.3, -0.25) is 4.79 Å². The smallest absolute Gasteiger partial charge is 0.242 e. The average Bonchev–Trinajstić information content (AvgIpc) is 2.83. The van der Waals surface area contributed by atoms with E-state index < -0.39 is 11.4 Å². The second-order valence-electron chi connectivity index (χ2n) is 5.20. The number of pyridine rings is 1. The van der Waals surface area contributed by atoms with Gasteiger partial charge in [0, 0.05) is 11.6 Å². The third-order valence-corrected chi connectivity index (χ3v) is 3.30. The van der Waals surface area contributed by atoms with E-state index in [1.165, 1.54) is 0 Å². The molecule has 1 aliphatic heterocycles. The Morgan fingerprint density at radius 3 is 2.75 bits per heavy atom. The van der Waals surface area contributed by atoms with E-state index in [2.05, 4.69) is 10.3 Å². The Bertz CT molecular complexity index is 697. The molecule has 0 saturated heterocycles. The Morgan fingerprint density at radius 1 is 1.35 bits per heavy atom. The van der Waals surface area contributed by atoms with Crippen LogP contribution in [0.2, 0.25) is 0 Å². The number of aromatic nitrogens is 1. The van der Waals surface area contributed by atoms with Gasteiger partial charge in [0.1, 0.15) is 11.4 Å². The zero-order valence-corrected chi connectivity index (χ0v) is 11.3. The normalized spacial score (nSPS) is 13.5. The van der Waals surface area contributed by atoms with E-state index in [-0.39, 0.29) is 6.79 Å². The lowest BCUT2D eigenvalue weighted by Gasteiger charge is -2.23. The maximum atomic E-state index is 11.4. The van der Waals surface area contributed by atoms with Crippen molar-refractivity contribution >= 4 is 22.5 Å². The minimum atomic E-state index is -0.891. The molecule has 0 bridgehead atoms. The number of benzene rings is 1. The van der Waals surface area contributed by atoms with E-state index >= 15 is 0 Å². The van der Waals surface area contributed by atoms with Gasteiger partial charge < -0.3 is 20.5 Å². The molecule has 0 aliphatic carbocycles. The van der Waals surface area contributed by atoms with E-state index in [1.54, 1.807) is 20.0 Å². The topological polar surface area (TPSA) is 86.5 Å². The molecule has 0 saturated carbocycles. The molecule has 3 N–H and O–H groups in total. The fraction of sp³-hybridized carbons (Fsp3) is 0.286. The Labute approximate surface area is 115 Å². The van der Waals surface area contributed by atoms with Crippen molar-refractivity contribution in [1.82, 2.24) is 4.98 Å². The van der Waals surface area contributed by atoms with Gasteiger partial charge in [0.15, 0.2) is 11.5 Å². The number of anilines is 1. The number of hydrogen-bond donors (Lipinski definition) is 2. The lowest BCUT2D eigenvalue weighted by molar-refractivity contribution is -0.121. The van der Waals surface area contributed by atoms with Gasteiger partial charge in [-0.2, -0.15) is 0 Å². The number of hydrogen-bond acceptors (Lipinski definition) is 5. The summed E-state index contributed by atoms with van der Waals surface area (Å²) in [6, 6.07) is 5.62. The monoisotopic (exact) mass is 273 g/mol. The van der Waals surface area contributed by atoms with Crippen LogP contribution in [-0.4, -0.2) is 23.2 Å². The highest BCUT2D eigenvalue weighted by molar-refractivity contribution is 5.96. The van der Waals surface area contributed by atoms with Gasteiger partial charge >= 0.3 is 0 Å². The summed E-state index contributed by atoms with van der Waals surface area (Å²) in [6.07, 6.45) is 1.67. The third-order valence-electron chi connectivity index (χ3n) is 3.30. The van der Waals surface area contributed by atoms with Crippen LogP contribution in [0.25, 0.3) is 10.8 Å². The second-order valence-corrected chi connectivity index (χ2v) is 5.20. The Kier molecular flexibility index (Phi) is 2.67. The molecule has 0 spiro atoms. The molecule has 0 unspecified atom stereocenters. The van der Waals surface area contributed by atoms with Crippen molar-refractivity contribution in [2.24, 2.45) is 5.73 Å². The van der Waals surface area contributed by atoms with Gasteiger partial charge in [-0.25, -0.2) is 4.98 Å². The van der Waals surface area contributed by atoms with E-state index in [9.17, 15) is 4.79 Å². The minimum Gasteiger partial charge on any atom is -0.454 e. The largest absolute Gasteiger partial charge is 0.454 e. The summed E-state index contributed by atoms with van der Waals surface area (Å²) in [4.78, 5) is 15.7. The number of amides is 1. The Morgan fingerprint density at radius 2 is 2.05 bits per heavy atom. The maximum absolute atomic E-state index is 11.4. The van der Waals surface area contributed by atoms with E-state index in [4.69, 9.17) is 15.2 Å². The van der Waals surface area contributed by atoms with Gasteiger partial charge in [-0.1, -0.05) is 0 Å². The molecule has 0 atom stereocenters. The number of nitrogens with zero attached hydrogens (tertiary/aromatic N) is 1. The summed E-state index contributed by atoms with van der Waals surface area (Å²) in [7, 11) is 0. The SMILES string of the molecule is CC(C)(Nc1nccc2cc3c(cc12)OCO3)C(N)=O. The molecular formula is C14H15N3O3. The van der Waals surface area contributed by atoms with Crippen LogP contribution in [-0.2, 0) is 4.79 Å². The summed E-state index contributed by atoms with van der Waals surface area (Å²) >= 11 is 0. The fourth-order valence-electron chi connectivity index (χ4n) is 2.02. The summed E-state index contributed by atoms with van der Waals surface area (Å²) in [5.41, 5.74) is 4.49. The van der Waals surface area contributed by atoms with Crippen LogP contribution in [0.15, 0.2) is 24.4 Å². The van der Waals surface area contributed by atoms with Crippen molar-refractivity contribution in [3.63, 3.8) is 0 Å². The lowest BCUT2D eigenvalue weighted by Crippen LogP contribution is -2.45. The van der Waals surface area contributed by atoms with Gasteiger partial charge in [-0.15, -0.1) is 0 Å². The summed E-state index contributed by atoms with van der Waals surface area (Å²) in [5, 5.41) is 4.87. The van der Waals surface area contributed by atoms with Crippen LogP contribution in [0.4, 0.5) is 5.82 Å². The number of rotatable bonds is 3. The summed E-state index contributed by atoms with van der Waals surface area (Å²) < 4.78 is 10.7. The number of carbonyl (C=O) groups is 1. The first-order valence-corrected chi connectivity index (χ1v) is 6.24. The van der Waals surface area contributed by atoms with Crippen molar-refractivity contribution in [1.29, 1.82) is 0 Å². The van der Waals surface area contributed by atoms with Crippen LogP contribution in [0.1, 0.15) is 13.8 Å². The van der Waals surface area contributed by atoms with Gasteiger partial charge in [0.25, 0.3) is 0 Å². The van der Waals surface area contributed by atoms with Crippen molar-refractivity contribution in [2.75, 3.05) is 12.1 Å². The van der Waals surface area contributed by atoms with Crippen molar-refractivity contribution in [2.45, 2.75) is 19.4 Å². The molecule has 1 amide bonds. The number of ether oxygens (including phenoxy) is 2. The molecule has 2 aromatic rings. The van der Waals surface area contributed by atoms with Gasteiger partial charge in [0.2, 0.25) is 12.7 Å². The molecule has 104 valence electrons. The highest BCUT2D eigenvalue weighted by Crippen LogP contribution is 2.38. The number of nitrogens with two attached hydrogens (primary N) is 1. The molecule has 6 nitrogen and oxygen atoms in total. The third kappa shape index (κ3) is 1.99. The quantitative estimate of drug-likeness (QED) is 0.887. The van der Waals surface area contributed by atoms with Gasteiger partial charge in [-0.05, 0) is 37.4 Å². The van der Waals surface area contributed by atoms with Crippen molar-refractivity contribution < 1.29 is 14.3 Å². The Hall–Kier alpha value is -2.50. The molecule has 3 rings (SSSR count). The van der Waals surface area contributed by atoms with Crippen LogP contribution in [0, 0.1) is 0 Å². The molecule has 0 radical (unpaired) electrons. The van der Waals surface area contributed by atoms with Crippen LogP contribution >= 0.6 is 0 Å². The number of fused-ring (bicyclic) bond motifs is 2. The van der Waals surface area contributed by atoms with Gasteiger partial charge in [0.05, 0.1) is 0 Å². The molecule has 1 aromatic carbocycles. The summed E-state index contributed by atoms with van der Waals surface area (Å²) in [5.74, 6) is 1.52. The van der Waals surface area contributed by atoms with Crippen LogP contribution < -0.4 is 20.5 Å². The van der Waals surface area contributed by atoms with Crippen molar-refractivity contribution in [3.8, 4) is 11.5 Å². The van der Waals surface area contributed by atoms with E-state index in [0.29, 0.717) is 17.3 Å². The first-order chi connectivity index (χ1) is 9.47.